The zero-order valence-electron chi connectivity index (χ0n) is 16.6. The lowest BCUT2D eigenvalue weighted by atomic mass is 10.0. The number of hydrogen-bond donors (Lipinski definition) is 1. The molecule has 1 atom stereocenters. The average Bonchev–Trinajstić information content (AvgIpc) is 3.17. The van der Waals surface area contributed by atoms with Crippen LogP contribution in [0, 0.1) is 5.92 Å². The second-order valence-electron chi connectivity index (χ2n) is 7.40. The van der Waals surface area contributed by atoms with E-state index in [4.69, 9.17) is 0 Å². The zero-order valence-corrected chi connectivity index (χ0v) is 18.3. The van der Waals surface area contributed by atoms with Crippen molar-refractivity contribution in [1.29, 1.82) is 0 Å². The fraction of sp³-hybridized carbons (Fsp3) is 0.400. The number of carbonyl (C=O) groups excluding carboxylic acids is 1. The van der Waals surface area contributed by atoms with Crippen LogP contribution in [0.3, 0.4) is 0 Å². The van der Waals surface area contributed by atoms with E-state index in [0.717, 1.165) is 47.2 Å². The minimum Gasteiger partial charge on any atom is -0.348 e. The van der Waals surface area contributed by atoms with E-state index in [1.165, 1.54) is 42.3 Å². The van der Waals surface area contributed by atoms with E-state index in [1.54, 1.807) is 0 Å². The van der Waals surface area contributed by atoms with Crippen molar-refractivity contribution in [3.05, 3.63) is 36.2 Å². The summed E-state index contributed by atoms with van der Waals surface area (Å²) in [6, 6.07) is 4.92. The minimum atomic E-state index is -4.54. The van der Waals surface area contributed by atoms with Crippen molar-refractivity contribution in [3.63, 3.8) is 0 Å². The number of carbonyl (C=O) groups is 1. The summed E-state index contributed by atoms with van der Waals surface area (Å²) in [5, 5.41) is 3.83. The molecule has 1 N–H and O–H groups in total. The molecule has 0 saturated carbocycles. The molecule has 0 bridgehead atoms. The van der Waals surface area contributed by atoms with Crippen LogP contribution in [-0.4, -0.2) is 39.7 Å². The van der Waals surface area contributed by atoms with Crippen LogP contribution in [0.2, 0.25) is 0 Å². The molecule has 0 spiro atoms. The lowest BCUT2D eigenvalue weighted by Gasteiger charge is -2.30. The number of amides is 1. The number of thiazole rings is 1. The lowest BCUT2D eigenvalue weighted by Crippen LogP contribution is -2.34. The molecule has 2 aromatic heterocycles. The monoisotopic (exact) mass is 467 g/mol. The van der Waals surface area contributed by atoms with Crippen molar-refractivity contribution < 1.29 is 18.0 Å². The van der Waals surface area contributed by atoms with E-state index in [2.05, 4.69) is 32.1 Å². The van der Waals surface area contributed by atoms with Gasteiger partial charge in [0.15, 0.2) is 10.8 Å². The first-order valence-electron chi connectivity index (χ1n) is 9.76. The number of fused-ring (bicyclic) bond motifs is 1. The molecular formula is C20H20F3N5OS2. The first-order valence-corrected chi connectivity index (χ1v) is 11.6. The predicted octanol–water partition coefficient (Wildman–Crippen LogP) is 5.07. The molecule has 3 heterocycles. The summed E-state index contributed by atoms with van der Waals surface area (Å²) in [6.45, 7) is 4.11. The number of aromatic nitrogens is 3. The number of para-hydroxylation sites is 1. The summed E-state index contributed by atoms with van der Waals surface area (Å²) < 4.78 is 40.1. The third-order valence-corrected chi connectivity index (χ3v) is 7.15. The Kier molecular flexibility index (Phi) is 6.33. The normalized spacial score (nSPS) is 17.2. The van der Waals surface area contributed by atoms with Crippen LogP contribution in [-0.2, 0) is 11.0 Å². The van der Waals surface area contributed by atoms with Crippen LogP contribution in [0.4, 0.5) is 24.0 Å². The largest absolute Gasteiger partial charge is 0.418 e. The number of nitrogens with zero attached hydrogens (tertiary/aromatic N) is 4. The van der Waals surface area contributed by atoms with Crippen LogP contribution in [0.25, 0.3) is 10.3 Å². The Bertz CT molecular complexity index is 1090. The van der Waals surface area contributed by atoms with Gasteiger partial charge in [0, 0.05) is 13.1 Å². The van der Waals surface area contributed by atoms with Crippen molar-refractivity contribution in [2.45, 2.75) is 31.0 Å². The highest BCUT2D eigenvalue weighted by Gasteiger charge is 2.33. The van der Waals surface area contributed by atoms with Crippen molar-refractivity contribution in [2.75, 3.05) is 29.1 Å². The second-order valence-corrected chi connectivity index (χ2v) is 9.34. The van der Waals surface area contributed by atoms with Gasteiger partial charge in [0.25, 0.3) is 0 Å². The van der Waals surface area contributed by atoms with Crippen molar-refractivity contribution in [3.8, 4) is 0 Å². The number of rotatable bonds is 5. The molecule has 0 unspecified atom stereocenters. The number of nitrogens with one attached hydrogen (secondary N) is 1. The van der Waals surface area contributed by atoms with Crippen molar-refractivity contribution >= 4 is 50.2 Å². The Morgan fingerprint density at radius 2 is 2.13 bits per heavy atom. The maximum absolute atomic E-state index is 13.1. The molecule has 1 amide bonds. The van der Waals surface area contributed by atoms with Gasteiger partial charge in [0.1, 0.15) is 16.1 Å². The number of hydrogen-bond acceptors (Lipinski definition) is 7. The lowest BCUT2D eigenvalue weighted by molar-refractivity contribution is -0.137. The van der Waals surface area contributed by atoms with Gasteiger partial charge in [-0.25, -0.2) is 9.97 Å². The SMILES string of the molecule is C[C@@H]1CCCN(c2nc3ncnc(SCC(=O)Nc4ccccc4C(F)(F)F)c3s2)C1. The number of halogens is 3. The van der Waals surface area contributed by atoms with E-state index >= 15 is 0 Å². The van der Waals surface area contributed by atoms with Gasteiger partial charge in [-0.15, -0.1) is 0 Å². The van der Waals surface area contributed by atoms with E-state index in [9.17, 15) is 18.0 Å². The fourth-order valence-electron chi connectivity index (χ4n) is 3.48. The summed E-state index contributed by atoms with van der Waals surface area (Å²) in [4.78, 5) is 27.7. The number of piperidine rings is 1. The van der Waals surface area contributed by atoms with Gasteiger partial charge in [-0.3, -0.25) is 4.79 Å². The summed E-state index contributed by atoms with van der Waals surface area (Å²) in [5.41, 5.74) is -0.563. The number of anilines is 2. The molecule has 1 aliphatic heterocycles. The molecular weight excluding hydrogens is 447 g/mol. The van der Waals surface area contributed by atoms with E-state index in [1.807, 2.05) is 0 Å². The third kappa shape index (κ3) is 5.09. The van der Waals surface area contributed by atoms with E-state index < -0.39 is 17.6 Å². The Hall–Kier alpha value is -2.40. The van der Waals surface area contributed by atoms with Gasteiger partial charge in [0.2, 0.25) is 5.91 Å². The van der Waals surface area contributed by atoms with Gasteiger partial charge in [-0.1, -0.05) is 42.2 Å². The first kappa shape index (κ1) is 21.8. The average molecular weight is 468 g/mol. The Morgan fingerprint density at radius 1 is 1.32 bits per heavy atom. The molecule has 1 aromatic carbocycles. The van der Waals surface area contributed by atoms with Crippen molar-refractivity contribution in [2.24, 2.45) is 5.92 Å². The van der Waals surface area contributed by atoms with Crippen LogP contribution >= 0.6 is 23.1 Å². The molecule has 6 nitrogen and oxygen atoms in total. The summed E-state index contributed by atoms with van der Waals surface area (Å²) in [7, 11) is 0. The van der Waals surface area contributed by atoms with Gasteiger partial charge in [-0.05, 0) is 30.9 Å². The number of benzene rings is 1. The molecule has 1 saturated heterocycles. The zero-order chi connectivity index (χ0) is 22.0. The Morgan fingerprint density at radius 3 is 2.90 bits per heavy atom. The highest BCUT2D eigenvalue weighted by Crippen LogP contribution is 2.36. The molecule has 0 radical (unpaired) electrons. The minimum absolute atomic E-state index is 0.0771. The highest BCUT2D eigenvalue weighted by molar-refractivity contribution is 8.00. The predicted molar refractivity (Wildman–Crippen MR) is 117 cm³/mol. The first-order chi connectivity index (χ1) is 14.8. The van der Waals surface area contributed by atoms with Crippen LogP contribution in [0.5, 0.6) is 0 Å². The smallest absolute Gasteiger partial charge is 0.348 e. The van der Waals surface area contributed by atoms with Crippen LogP contribution in [0.15, 0.2) is 35.6 Å². The van der Waals surface area contributed by atoms with Gasteiger partial charge < -0.3 is 10.2 Å². The molecule has 1 aliphatic rings. The Labute approximate surface area is 185 Å². The molecule has 11 heteroatoms. The van der Waals surface area contributed by atoms with Gasteiger partial charge in [0.05, 0.1) is 17.0 Å². The Balaban J connectivity index is 1.46. The number of alkyl halides is 3. The molecule has 0 aliphatic carbocycles. The molecule has 4 rings (SSSR count). The fourth-order valence-corrected chi connectivity index (χ4v) is 5.41. The quantitative estimate of drug-likeness (QED) is 0.417. The van der Waals surface area contributed by atoms with Crippen LogP contribution in [0.1, 0.15) is 25.3 Å². The van der Waals surface area contributed by atoms with Crippen molar-refractivity contribution in [1.82, 2.24) is 15.0 Å². The highest BCUT2D eigenvalue weighted by atomic mass is 32.2. The summed E-state index contributed by atoms with van der Waals surface area (Å²) in [6.07, 6.45) is -0.830. The molecule has 31 heavy (non-hydrogen) atoms. The standard InChI is InChI=1S/C20H20F3N5OS2/c1-12-5-4-8-28(9-12)19-27-17-16(31-19)18(25-11-24-17)30-10-15(29)26-14-7-3-2-6-13(14)20(21,22)23/h2-3,6-7,11-12H,4-5,8-10H2,1H3,(H,26,29)/t12-/m1/s1. The maximum atomic E-state index is 13.1. The molecule has 164 valence electrons. The topological polar surface area (TPSA) is 71.0 Å². The van der Waals surface area contributed by atoms with Crippen LogP contribution < -0.4 is 10.2 Å². The van der Waals surface area contributed by atoms with Gasteiger partial charge in [-0.2, -0.15) is 18.2 Å². The number of thioether (sulfide) groups is 1. The van der Waals surface area contributed by atoms with Gasteiger partial charge >= 0.3 is 6.18 Å². The van der Waals surface area contributed by atoms with E-state index in [-0.39, 0.29) is 11.4 Å². The maximum Gasteiger partial charge on any atom is 0.418 e. The molecule has 3 aromatic rings. The second kappa shape index (κ2) is 8.99. The summed E-state index contributed by atoms with van der Waals surface area (Å²) >= 11 is 2.64. The molecule has 1 fully saturated rings. The van der Waals surface area contributed by atoms with E-state index in [0.29, 0.717) is 16.6 Å². The third-order valence-electron chi connectivity index (χ3n) is 4.92. The summed E-state index contributed by atoms with van der Waals surface area (Å²) in [5.74, 6) is -0.0150.